The van der Waals surface area contributed by atoms with E-state index in [4.69, 9.17) is 13.9 Å². The maximum absolute atomic E-state index is 12.1. The highest BCUT2D eigenvalue weighted by Gasteiger charge is 2.14. The number of anilines is 1. The molecule has 3 rings (SSSR count). The highest BCUT2D eigenvalue weighted by atomic mass is 16.5. The van der Waals surface area contributed by atoms with Gasteiger partial charge in [-0.1, -0.05) is 36.6 Å². The average molecular weight is 395 g/mol. The molecule has 8 nitrogen and oxygen atoms in total. The molecule has 0 aliphatic rings. The molecule has 0 saturated carbocycles. The Morgan fingerprint density at radius 2 is 1.79 bits per heavy atom. The molecule has 1 heterocycles. The Labute approximate surface area is 167 Å². The highest BCUT2D eigenvalue weighted by molar-refractivity contribution is 5.94. The van der Waals surface area contributed by atoms with Crippen LogP contribution >= 0.6 is 0 Å². The Bertz CT molecular complexity index is 938. The van der Waals surface area contributed by atoms with Crippen LogP contribution in [0.3, 0.4) is 0 Å². The lowest BCUT2D eigenvalue weighted by atomic mass is 10.2. The van der Waals surface area contributed by atoms with E-state index in [1.807, 2.05) is 18.2 Å². The minimum atomic E-state index is -0.615. The van der Waals surface area contributed by atoms with Gasteiger partial charge in [0.15, 0.2) is 6.61 Å². The molecule has 3 aromatic rings. The van der Waals surface area contributed by atoms with Crippen LogP contribution in [-0.2, 0) is 9.53 Å². The van der Waals surface area contributed by atoms with Crippen molar-refractivity contribution in [2.24, 2.45) is 0 Å². The molecule has 29 heavy (non-hydrogen) atoms. The van der Waals surface area contributed by atoms with E-state index >= 15 is 0 Å². The lowest BCUT2D eigenvalue weighted by Crippen LogP contribution is -2.21. The van der Waals surface area contributed by atoms with E-state index in [9.17, 15) is 9.59 Å². The van der Waals surface area contributed by atoms with Gasteiger partial charge in [-0.2, -0.15) is 0 Å². The van der Waals surface area contributed by atoms with Gasteiger partial charge in [0, 0.05) is 5.56 Å². The Kier molecular flexibility index (Phi) is 6.94. The largest absolute Gasteiger partial charge is 0.494 e. The van der Waals surface area contributed by atoms with E-state index in [1.165, 1.54) is 0 Å². The first kappa shape index (κ1) is 20.1. The summed E-state index contributed by atoms with van der Waals surface area (Å²) in [4.78, 5) is 24.0. The fraction of sp³-hybridized carbons (Fsp3) is 0.238. The van der Waals surface area contributed by atoms with Gasteiger partial charge < -0.3 is 13.9 Å². The molecule has 0 saturated heterocycles. The number of esters is 1. The number of rotatable bonds is 9. The van der Waals surface area contributed by atoms with Crippen LogP contribution in [0.25, 0.3) is 11.5 Å². The number of carbonyl (C=O) groups excluding carboxylic acids is 2. The van der Waals surface area contributed by atoms with Crippen molar-refractivity contribution >= 4 is 17.9 Å². The normalized spacial score (nSPS) is 10.4. The molecule has 0 radical (unpaired) electrons. The monoisotopic (exact) mass is 395 g/mol. The SMILES string of the molecule is CCCCOc1ccc(C(=O)OCC(=O)Nc2nnc(-c3ccccc3)o2)cc1. The lowest BCUT2D eigenvalue weighted by Gasteiger charge is -2.07. The van der Waals surface area contributed by atoms with Gasteiger partial charge in [-0.15, -0.1) is 5.10 Å². The third-order valence-corrected chi connectivity index (χ3v) is 3.88. The zero-order valence-corrected chi connectivity index (χ0v) is 16.0. The summed E-state index contributed by atoms with van der Waals surface area (Å²) in [6.07, 6.45) is 2.01. The molecule has 2 aromatic carbocycles. The number of benzene rings is 2. The van der Waals surface area contributed by atoms with Crippen LogP contribution in [0, 0.1) is 0 Å². The van der Waals surface area contributed by atoms with E-state index in [0.29, 0.717) is 17.9 Å². The molecular formula is C21H21N3O5. The molecule has 0 unspecified atom stereocenters. The van der Waals surface area contributed by atoms with Crippen molar-refractivity contribution in [3.8, 4) is 17.2 Å². The first-order valence-electron chi connectivity index (χ1n) is 9.24. The van der Waals surface area contributed by atoms with Gasteiger partial charge in [-0.3, -0.25) is 10.1 Å². The van der Waals surface area contributed by atoms with Gasteiger partial charge in [-0.25, -0.2) is 4.79 Å². The molecule has 0 bridgehead atoms. The van der Waals surface area contributed by atoms with Gasteiger partial charge in [0.2, 0.25) is 5.89 Å². The molecule has 1 N–H and O–H groups in total. The van der Waals surface area contributed by atoms with Crippen molar-refractivity contribution in [2.75, 3.05) is 18.5 Å². The standard InChI is InChI=1S/C21H21N3O5/c1-2-3-13-27-17-11-9-16(10-12-17)20(26)28-14-18(25)22-21-24-23-19(29-21)15-7-5-4-6-8-15/h4-12H,2-3,13-14H2,1H3,(H,22,24,25). The van der Waals surface area contributed by atoms with E-state index < -0.39 is 18.5 Å². The maximum Gasteiger partial charge on any atom is 0.338 e. The number of amides is 1. The van der Waals surface area contributed by atoms with Crippen molar-refractivity contribution in [1.82, 2.24) is 10.2 Å². The molecular weight excluding hydrogens is 374 g/mol. The van der Waals surface area contributed by atoms with Crippen LogP contribution in [0.5, 0.6) is 5.75 Å². The zero-order chi connectivity index (χ0) is 20.5. The van der Waals surface area contributed by atoms with Crippen LogP contribution < -0.4 is 10.1 Å². The Balaban J connectivity index is 1.46. The number of nitrogens with zero attached hydrogens (tertiary/aromatic N) is 2. The first-order chi connectivity index (χ1) is 14.2. The summed E-state index contributed by atoms with van der Waals surface area (Å²) in [5.41, 5.74) is 1.05. The molecule has 8 heteroatoms. The van der Waals surface area contributed by atoms with Gasteiger partial charge in [-0.05, 0) is 42.8 Å². The summed E-state index contributed by atoms with van der Waals surface area (Å²) in [5.74, 6) is -0.241. The van der Waals surface area contributed by atoms with Crippen LogP contribution in [0.4, 0.5) is 6.01 Å². The number of hydrogen-bond acceptors (Lipinski definition) is 7. The molecule has 150 valence electrons. The summed E-state index contributed by atoms with van der Waals surface area (Å²) < 4.78 is 15.9. The molecule has 1 aromatic heterocycles. The predicted molar refractivity (Wildman–Crippen MR) is 105 cm³/mol. The van der Waals surface area contributed by atoms with E-state index in [1.54, 1.807) is 36.4 Å². The predicted octanol–water partition coefficient (Wildman–Crippen LogP) is 3.71. The summed E-state index contributed by atoms with van der Waals surface area (Å²) in [6.45, 7) is 2.23. The van der Waals surface area contributed by atoms with Gasteiger partial charge >= 0.3 is 12.0 Å². The molecule has 0 aliphatic carbocycles. The second kappa shape index (κ2) is 10.0. The van der Waals surface area contributed by atoms with E-state index in [2.05, 4.69) is 22.4 Å². The van der Waals surface area contributed by atoms with Gasteiger partial charge in [0.25, 0.3) is 5.91 Å². The van der Waals surface area contributed by atoms with Crippen LogP contribution in [0.1, 0.15) is 30.1 Å². The zero-order valence-electron chi connectivity index (χ0n) is 16.0. The van der Waals surface area contributed by atoms with Gasteiger partial charge in [0.05, 0.1) is 12.2 Å². The number of carbonyl (C=O) groups is 2. The van der Waals surface area contributed by atoms with E-state index in [0.717, 1.165) is 18.4 Å². The summed E-state index contributed by atoms with van der Waals surface area (Å²) in [6, 6.07) is 15.6. The van der Waals surface area contributed by atoms with Crippen molar-refractivity contribution < 1.29 is 23.5 Å². The van der Waals surface area contributed by atoms with Gasteiger partial charge in [0.1, 0.15) is 5.75 Å². The fourth-order valence-electron chi connectivity index (χ4n) is 2.36. The smallest absolute Gasteiger partial charge is 0.338 e. The van der Waals surface area contributed by atoms with E-state index in [-0.39, 0.29) is 11.9 Å². The lowest BCUT2D eigenvalue weighted by molar-refractivity contribution is -0.119. The number of unbranched alkanes of at least 4 members (excludes halogenated alkanes) is 1. The van der Waals surface area contributed by atoms with Crippen molar-refractivity contribution in [3.05, 3.63) is 60.2 Å². The topological polar surface area (TPSA) is 104 Å². The number of aromatic nitrogens is 2. The number of ether oxygens (including phenoxy) is 2. The van der Waals surface area contributed by atoms with Crippen LogP contribution in [0.15, 0.2) is 59.0 Å². The van der Waals surface area contributed by atoms with Crippen LogP contribution in [-0.4, -0.2) is 35.3 Å². The molecule has 0 fully saturated rings. The van der Waals surface area contributed by atoms with Crippen molar-refractivity contribution in [2.45, 2.75) is 19.8 Å². The average Bonchev–Trinajstić information content (AvgIpc) is 3.22. The summed E-state index contributed by atoms with van der Waals surface area (Å²) >= 11 is 0. The second-order valence-corrected chi connectivity index (χ2v) is 6.13. The third kappa shape index (κ3) is 5.90. The second-order valence-electron chi connectivity index (χ2n) is 6.13. The minimum Gasteiger partial charge on any atom is -0.494 e. The van der Waals surface area contributed by atoms with Crippen molar-refractivity contribution in [1.29, 1.82) is 0 Å². The Morgan fingerprint density at radius 3 is 2.52 bits per heavy atom. The molecule has 1 amide bonds. The highest BCUT2D eigenvalue weighted by Crippen LogP contribution is 2.19. The molecule has 0 spiro atoms. The van der Waals surface area contributed by atoms with Crippen LogP contribution in [0.2, 0.25) is 0 Å². The summed E-state index contributed by atoms with van der Waals surface area (Å²) in [7, 11) is 0. The molecule has 0 aliphatic heterocycles. The van der Waals surface area contributed by atoms with Crippen molar-refractivity contribution in [3.63, 3.8) is 0 Å². The number of hydrogen-bond donors (Lipinski definition) is 1. The fourth-order valence-corrected chi connectivity index (χ4v) is 2.36. The Morgan fingerprint density at radius 1 is 1.03 bits per heavy atom. The number of nitrogens with one attached hydrogen (secondary N) is 1. The summed E-state index contributed by atoms with van der Waals surface area (Å²) in [5, 5.41) is 10.0. The minimum absolute atomic E-state index is 0.0708. The quantitative estimate of drug-likeness (QED) is 0.435. The third-order valence-electron chi connectivity index (χ3n) is 3.88. The maximum atomic E-state index is 12.1. The first-order valence-corrected chi connectivity index (χ1v) is 9.24. The Hall–Kier alpha value is -3.68. The molecule has 0 atom stereocenters.